The highest BCUT2D eigenvalue weighted by Crippen LogP contribution is 2.29. The zero-order valence-corrected chi connectivity index (χ0v) is 9.83. The average molecular weight is 257 g/mol. The topological polar surface area (TPSA) is 20.3 Å². The fraction of sp³-hybridized carbons (Fsp3) is 0.462. The molecule has 1 fully saturated rings. The first-order valence-corrected chi connectivity index (χ1v) is 5.85. The van der Waals surface area contributed by atoms with Gasteiger partial charge in [0.15, 0.2) is 0 Å². The van der Waals surface area contributed by atoms with E-state index in [9.17, 15) is 18.0 Å². The van der Waals surface area contributed by atoms with Crippen molar-refractivity contribution in [1.29, 1.82) is 0 Å². The minimum atomic E-state index is -4.31. The average Bonchev–Trinajstić information content (AvgIpc) is 2.28. The van der Waals surface area contributed by atoms with Gasteiger partial charge in [0.25, 0.3) is 0 Å². The van der Waals surface area contributed by atoms with E-state index in [0.717, 1.165) is 25.1 Å². The molecule has 1 aromatic carbocycles. The Hall–Kier alpha value is -1.36. The number of hydrogen-bond acceptors (Lipinski definition) is 2. The van der Waals surface area contributed by atoms with Crippen LogP contribution in [-0.4, -0.2) is 23.8 Å². The van der Waals surface area contributed by atoms with Gasteiger partial charge >= 0.3 is 6.18 Å². The summed E-state index contributed by atoms with van der Waals surface area (Å²) in [6.45, 7) is 1.51. The second-order valence-electron chi connectivity index (χ2n) is 4.55. The first-order chi connectivity index (χ1) is 8.45. The van der Waals surface area contributed by atoms with Crippen LogP contribution in [0.25, 0.3) is 0 Å². The number of carbonyl (C=O) groups is 1. The summed E-state index contributed by atoms with van der Waals surface area (Å²) < 4.78 is 37.6. The Bertz CT molecular complexity index is 442. The number of benzene rings is 1. The van der Waals surface area contributed by atoms with Gasteiger partial charge < -0.3 is 0 Å². The molecule has 0 aromatic heterocycles. The van der Waals surface area contributed by atoms with E-state index in [-0.39, 0.29) is 5.78 Å². The minimum Gasteiger partial charge on any atom is -0.298 e. The highest BCUT2D eigenvalue weighted by atomic mass is 19.4. The maximum atomic E-state index is 12.5. The highest BCUT2D eigenvalue weighted by Gasteiger charge is 2.30. The Kier molecular flexibility index (Phi) is 3.71. The van der Waals surface area contributed by atoms with Crippen LogP contribution in [0.3, 0.4) is 0 Å². The third-order valence-electron chi connectivity index (χ3n) is 2.99. The number of likely N-dealkylation sites (tertiary alicyclic amines) is 1. The first-order valence-electron chi connectivity index (χ1n) is 5.85. The van der Waals surface area contributed by atoms with Gasteiger partial charge in [0.1, 0.15) is 5.78 Å². The quantitative estimate of drug-likeness (QED) is 0.812. The van der Waals surface area contributed by atoms with Gasteiger partial charge in [-0.15, -0.1) is 0 Å². The van der Waals surface area contributed by atoms with Crippen molar-refractivity contribution in [3.8, 4) is 0 Å². The van der Waals surface area contributed by atoms with E-state index in [0.29, 0.717) is 25.1 Å². The number of halogens is 3. The molecule has 0 aliphatic carbocycles. The highest BCUT2D eigenvalue weighted by molar-refractivity contribution is 5.81. The lowest BCUT2D eigenvalue weighted by molar-refractivity contribution is -0.137. The lowest BCUT2D eigenvalue weighted by atomic mass is 10.1. The van der Waals surface area contributed by atoms with E-state index in [1.54, 1.807) is 6.07 Å². The summed E-state index contributed by atoms with van der Waals surface area (Å²) in [5.41, 5.74) is -0.0390. The van der Waals surface area contributed by atoms with Crippen molar-refractivity contribution < 1.29 is 18.0 Å². The summed E-state index contributed by atoms with van der Waals surface area (Å²) >= 11 is 0. The summed E-state index contributed by atoms with van der Waals surface area (Å²) in [7, 11) is 0. The number of carbonyl (C=O) groups excluding carboxylic acids is 1. The van der Waals surface area contributed by atoms with Gasteiger partial charge in [-0.05, 0) is 24.6 Å². The lowest BCUT2D eigenvalue weighted by Crippen LogP contribution is -2.35. The van der Waals surface area contributed by atoms with E-state index < -0.39 is 11.7 Å². The van der Waals surface area contributed by atoms with Crippen molar-refractivity contribution in [3.63, 3.8) is 0 Å². The predicted octanol–water partition coefficient (Wildman–Crippen LogP) is 2.87. The molecule has 0 amide bonds. The third-order valence-corrected chi connectivity index (χ3v) is 2.99. The maximum absolute atomic E-state index is 12.5. The summed E-state index contributed by atoms with van der Waals surface area (Å²) in [6.07, 6.45) is -2.94. The summed E-state index contributed by atoms with van der Waals surface area (Å²) in [5, 5.41) is 0. The molecule has 1 saturated heterocycles. The van der Waals surface area contributed by atoms with Crippen LogP contribution >= 0.6 is 0 Å². The number of rotatable bonds is 2. The normalized spacial score (nSPS) is 18.1. The smallest absolute Gasteiger partial charge is 0.298 e. The van der Waals surface area contributed by atoms with Gasteiger partial charge in [0, 0.05) is 13.0 Å². The third kappa shape index (κ3) is 3.32. The SMILES string of the molecule is O=C1CCCN(Cc2cccc(C(F)(F)F)c2)C1. The monoisotopic (exact) mass is 257 g/mol. The van der Waals surface area contributed by atoms with E-state index >= 15 is 0 Å². The molecule has 2 rings (SSSR count). The standard InChI is InChI=1S/C13H14F3NO/c14-13(15,16)11-4-1-3-10(7-11)8-17-6-2-5-12(18)9-17/h1,3-4,7H,2,5-6,8-9H2. The molecule has 1 aromatic rings. The van der Waals surface area contributed by atoms with Gasteiger partial charge in [-0.1, -0.05) is 18.2 Å². The van der Waals surface area contributed by atoms with Crippen molar-refractivity contribution in [1.82, 2.24) is 4.90 Å². The first kappa shape index (κ1) is 13.1. The van der Waals surface area contributed by atoms with Crippen molar-refractivity contribution in [2.45, 2.75) is 25.6 Å². The maximum Gasteiger partial charge on any atom is 0.416 e. The second-order valence-corrected chi connectivity index (χ2v) is 4.55. The van der Waals surface area contributed by atoms with Gasteiger partial charge in [-0.3, -0.25) is 9.69 Å². The Morgan fingerprint density at radius 1 is 1.28 bits per heavy atom. The molecule has 0 atom stereocenters. The van der Waals surface area contributed by atoms with Gasteiger partial charge in [-0.2, -0.15) is 13.2 Å². The van der Waals surface area contributed by atoms with Crippen LogP contribution in [0.5, 0.6) is 0 Å². The zero-order chi connectivity index (χ0) is 13.2. The summed E-state index contributed by atoms with van der Waals surface area (Å²) in [5.74, 6) is 0.160. The molecule has 0 saturated carbocycles. The molecule has 1 heterocycles. The molecule has 1 aliphatic heterocycles. The van der Waals surface area contributed by atoms with Crippen LogP contribution < -0.4 is 0 Å². The largest absolute Gasteiger partial charge is 0.416 e. The van der Waals surface area contributed by atoms with Crippen molar-refractivity contribution in [3.05, 3.63) is 35.4 Å². The van der Waals surface area contributed by atoms with Crippen LogP contribution in [0.2, 0.25) is 0 Å². The molecule has 0 N–H and O–H groups in total. The molecular weight excluding hydrogens is 243 g/mol. The Morgan fingerprint density at radius 2 is 2.06 bits per heavy atom. The van der Waals surface area contributed by atoms with Gasteiger partial charge in [0.2, 0.25) is 0 Å². The Labute approximate surface area is 103 Å². The number of hydrogen-bond donors (Lipinski definition) is 0. The summed E-state index contributed by atoms with van der Waals surface area (Å²) in [4.78, 5) is 13.2. The minimum absolute atomic E-state index is 0.160. The fourth-order valence-electron chi connectivity index (χ4n) is 2.15. The number of nitrogens with zero attached hydrogens (tertiary/aromatic N) is 1. The molecule has 0 radical (unpaired) electrons. The number of alkyl halides is 3. The van der Waals surface area contributed by atoms with Crippen molar-refractivity contribution in [2.75, 3.05) is 13.1 Å². The van der Waals surface area contributed by atoms with E-state index in [1.165, 1.54) is 6.07 Å². The lowest BCUT2D eigenvalue weighted by Gasteiger charge is -2.25. The number of piperidine rings is 1. The number of Topliss-reactive ketones (excluding diaryl/α,β-unsaturated/α-hetero) is 1. The van der Waals surface area contributed by atoms with Crippen LogP contribution in [-0.2, 0) is 17.5 Å². The van der Waals surface area contributed by atoms with E-state index in [1.807, 2.05) is 4.90 Å². The van der Waals surface area contributed by atoms with Crippen LogP contribution in [0.15, 0.2) is 24.3 Å². The van der Waals surface area contributed by atoms with Crippen molar-refractivity contribution >= 4 is 5.78 Å². The summed E-state index contributed by atoms with van der Waals surface area (Å²) in [6, 6.07) is 5.28. The molecule has 5 heteroatoms. The van der Waals surface area contributed by atoms with Gasteiger partial charge in [-0.25, -0.2) is 0 Å². The predicted molar refractivity (Wildman–Crippen MR) is 61.0 cm³/mol. The van der Waals surface area contributed by atoms with E-state index in [2.05, 4.69) is 0 Å². The van der Waals surface area contributed by atoms with E-state index in [4.69, 9.17) is 0 Å². The van der Waals surface area contributed by atoms with Gasteiger partial charge in [0.05, 0.1) is 12.1 Å². The molecule has 2 nitrogen and oxygen atoms in total. The molecule has 98 valence electrons. The molecule has 0 unspecified atom stereocenters. The van der Waals surface area contributed by atoms with Crippen LogP contribution in [0, 0.1) is 0 Å². The zero-order valence-electron chi connectivity index (χ0n) is 9.83. The van der Waals surface area contributed by atoms with Crippen LogP contribution in [0.1, 0.15) is 24.0 Å². The molecule has 1 aliphatic rings. The van der Waals surface area contributed by atoms with Crippen LogP contribution in [0.4, 0.5) is 13.2 Å². The molecule has 0 spiro atoms. The Morgan fingerprint density at radius 3 is 2.72 bits per heavy atom. The fourth-order valence-corrected chi connectivity index (χ4v) is 2.15. The molecular formula is C13H14F3NO. The number of ketones is 1. The van der Waals surface area contributed by atoms with Crippen molar-refractivity contribution in [2.24, 2.45) is 0 Å². The second kappa shape index (κ2) is 5.10. The molecule has 0 bridgehead atoms. The Balaban J connectivity index is 2.07. The molecule has 18 heavy (non-hydrogen) atoms.